The summed E-state index contributed by atoms with van der Waals surface area (Å²) in [7, 11) is 0. The maximum atomic E-state index is 9.74. The quantitative estimate of drug-likeness (QED) is 0.464. The molecule has 1 heterocycles. The summed E-state index contributed by atoms with van der Waals surface area (Å²) < 4.78 is 0. The summed E-state index contributed by atoms with van der Waals surface area (Å²) in [6, 6.07) is 32.5. The van der Waals surface area contributed by atoms with E-state index in [0.717, 1.165) is 33.5 Å². The summed E-state index contributed by atoms with van der Waals surface area (Å²) in [6.07, 6.45) is 1.78. The monoisotopic (exact) mass is 332 g/mol. The average molecular weight is 332 g/mol. The van der Waals surface area contributed by atoms with Crippen molar-refractivity contribution in [3.63, 3.8) is 0 Å². The fourth-order valence-electron chi connectivity index (χ4n) is 3.14. The van der Waals surface area contributed by atoms with E-state index < -0.39 is 0 Å². The van der Waals surface area contributed by atoms with Gasteiger partial charge >= 0.3 is 0 Å². The molecule has 0 aliphatic rings. The lowest BCUT2D eigenvalue weighted by Crippen LogP contribution is -1.93. The minimum Gasteiger partial charge on any atom is -0.256 e. The van der Waals surface area contributed by atoms with Crippen LogP contribution in [0.5, 0.6) is 0 Å². The lowest BCUT2D eigenvalue weighted by molar-refractivity contribution is 1.32. The number of pyridine rings is 1. The second-order valence-corrected chi connectivity index (χ2v) is 6.00. The van der Waals surface area contributed by atoms with E-state index in [2.05, 4.69) is 29.3 Å². The Morgan fingerprint density at radius 2 is 1.23 bits per heavy atom. The molecule has 122 valence electrons. The Balaban J connectivity index is 2.02. The van der Waals surface area contributed by atoms with E-state index >= 15 is 0 Å². The number of rotatable bonds is 3. The molecule has 0 aliphatic carbocycles. The van der Waals surface area contributed by atoms with Gasteiger partial charge in [0.2, 0.25) is 0 Å². The van der Waals surface area contributed by atoms with Gasteiger partial charge in [-0.2, -0.15) is 5.26 Å². The van der Waals surface area contributed by atoms with Crippen molar-refractivity contribution >= 4 is 0 Å². The molecule has 3 aromatic carbocycles. The average Bonchev–Trinajstić information content (AvgIpc) is 2.74. The van der Waals surface area contributed by atoms with E-state index in [0.29, 0.717) is 5.56 Å². The topological polar surface area (TPSA) is 36.7 Å². The van der Waals surface area contributed by atoms with Crippen LogP contribution in [0.15, 0.2) is 97.2 Å². The Labute approximate surface area is 153 Å². The van der Waals surface area contributed by atoms with Crippen molar-refractivity contribution in [2.75, 3.05) is 0 Å². The molecule has 1 aromatic heterocycles. The number of hydrogen-bond donors (Lipinski definition) is 0. The highest BCUT2D eigenvalue weighted by Crippen LogP contribution is 2.37. The molecule has 0 aliphatic heterocycles. The first-order chi connectivity index (χ1) is 12.9. The highest BCUT2D eigenvalue weighted by molar-refractivity contribution is 5.88. The third-order valence-corrected chi connectivity index (χ3v) is 4.39. The van der Waals surface area contributed by atoms with Gasteiger partial charge in [0.25, 0.3) is 0 Å². The lowest BCUT2D eigenvalue weighted by atomic mass is 9.89. The minimum absolute atomic E-state index is 0.650. The highest BCUT2D eigenvalue weighted by atomic mass is 14.7. The van der Waals surface area contributed by atoms with Gasteiger partial charge in [-0.3, -0.25) is 4.98 Å². The van der Waals surface area contributed by atoms with Crippen LogP contribution in [0, 0.1) is 11.3 Å². The SMILES string of the molecule is N#Cc1cc(-c2ccccn2)c(-c2ccccc2)cc1-c1ccccc1. The molecule has 0 N–H and O–H groups in total. The molecule has 2 nitrogen and oxygen atoms in total. The molecule has 0 saturated heterocycles. The minimum atomic E-state index is 0.650. The van der Waals surface area contributed by atoms with Crippen LogP contribution < -0.4 is 0 Å². The standard InChI is InChI=1S/C24H16N2/c25-17-20-15-23(24-13-7-8-14-26-24)22(19-11-5-2-6-12-19)16-21(20)18-9-3-1-4-10-18/h1-16H. The molecule has 0 radical (unpaired) electrons. The van der Waals surface area contributed by atoms with Gasteiger partial charge in [0.15, 0.2) is 0 Å². The predicted octanol–water partition coefficient (Wildman–Crippen LogP) is 5.95. The van der Waals surface area contributed by atoms with E-state index in [1.807, 2.05) is 72.8 Å². The number of nitriles is 1. The Bertz CT molecular complexity index is 1060. The van der Waals surface area contributed by atoms with Crippen LogP contribution >= 0.6 is 0 Å². The molecule has 0 fully saturated rings. The molecule has 0 unspecified atom stereocenters. The molecule has 0 bridgehead atoms. The summed E-state index contributed by atoms with van der Waals surface area (Å²) >= 11 is 0. The second-order valence-electron chi connectivity index (χ2n) is 6.00. The van der Waals surface area contributed by atoms with Gasteiger partial charge < -0.3 is 0 Å². The van der Waals surface area contributed by atoms with E-state index in [1.165, 1.54) is 0 Å². The van der Waals surface area contributed by atoms with Crippen LogP contribution in [-0.4, -0.2) is 4.98 Å². The van der Waals surface area contributed by atoms with Gasteiger partial charge in [-0.25, -0.2) is 0 Å². The number of hydrogen-bond acceptors (Lipinski definition) is 2. The van der Waals surface area contributed by atoms with Crippen LogP contribution in [0.2, 0.25) is 0 Å². The fourth-order valence-corrected chi connectivity index (χ4v) is 3.14. The van der Waals surface area contributed by atoms with Crippen LogP contribution in [0.4, 0.5) is 0 Å². The first-order valence-corrected chi connectivity index (χ1v) is 8.47. The van der Waals surface area contributed by atoms with Gasteiger partial charge in [0.05, 0.1) is 17.3 Å². The number of nitrogens with zero attached hydrogens (tertiary/aromatic N) is 2. The molecule has 0 saturated carbocycles. The Hall–Kier alpha value is -3.70. The van der Waals surface area contributed by atoms with Crippen molar-refractivity contribution in [3.8, 4) is 39.6 Å². The van der Waals surface area contributed by atoms with Crippen molar-refractivity contribution in [1.82, 2.24) is 4.98 Å². The van der Waals surface area contributed by atoms with Gasteiger partial charge in [0, 0.05) is 17.3 Å². The third-order valence-electron chi connectivity index (χ3n) is 4.39. The largest absolute Gasteiger partial charge is 0.256 e. The normalized spacial score (nSPS) is 10.3. The summed E-state index contributed by atoms with van der Waals surface area (Å²) in [6.45, 7) is 0. The fraction of sp³-hybridized carbons (Fsp3) is 0. The molecular formula is C24H16N2. The Morgan fingerprint density at radius 3 is 1.81 bits per heavy atom. The third kappa shape index (κ3) is 2.99. The maximum Gasteiger partial charge on any atom is 0.0998 e. The van der Waals surface area contributed by atoms with Crippen molar-refractivity contribution in [2.45, 2.75) is 0 Å². The first-order valence-electron chi connectivity index (χ1n) is 8.47. The lowest BCUT2D eigenvalue weighted by Gasteiger charge is -2.14. The number of benzene rings is 3. The Morgan fingerprint density at radius 1 is 0.615 bits per heavy atom. The zero-order valence-electron chi connectivity index (χ0n) is 14.1. The van der Waals surface area contributed by atoms with Gasteiger partial charge in [-0.05, 0) is 41.0 Å². The zero-order chi connectivity index (χ0) is 17.8. The maximum absolute atomic E-state index is 9.74. The summed E-state index contributed by atoms with van der Waals surface area (Å²) in [5, 5.41) is 9.74. The second kappa shape index (κ2) is 7.04. The zero-order valence-corrected chi connectivity index (χ0v) is 14.1. The van der Waals surface area contributed by atoms with E-state index in [1.54, 1.807) is 6.20 Å². The molecule has 4 aromatic rings. The van der Waals surface area contributed by atoms with Crippen LogP contribution in [0.3, 0.4) is 0 Å². The van der Waals surface area contributed by atoms with Gasteiger partial charge in [-0.15, -0.1) is 0 Å². The first kappa shape index (κ1) is 15.8. The molecule has 0 spiro atoms. The molecule has 4 rings (SSSR count). The molecule has 0 amide bonds. The summed E-state index contributed by atoms with van der Waals surface area (Å²) in [5.74, 6) is 0. The highest BCUT2D eigenvalue weighted by Gasteiger charge is 2.14. The van der Waals surface area contributed by atoms with Crippen LogP contribution in [0.1, 0.15) is 5.56 Å². The molecule has 26 heavy (non-hydrogen) atoms. The van der Waals surface area contributed by atoms with Crippen LogP contribution in [-0.2, 0) is 0 Å². The van der Waals surface area contributed by atoms with Crippen LogP contribution in [0.25, 0.3) is 33.5 Å². The van der Waals surface area contributed by atoms with Gasteiger partial charge in [-0.1, -0.05) is 66.7 Å². The van der Waals surface area contributed by atoms with Crippen molar-refractivity contribution in [3.05, 3.63) is 103 Å². The smallest absolute Gasteiger partial charge is 0.0998 e. The van der Waals surface area contributed by atoms with E-state index in [4.69, 9.17) is 0 Å². The molecule has 0 atom stereocenters. The van der Waals surface area contributed by atoms with E-state index in [9.17, 15) is 5.26 Å². The Kier molecular flexibility index (Phi) is 4.28. The molecule has 2 heteroatoms. The molecular weight excluding hydrogens is 316 g/mol. The van der Waals surface area contributed by atoms with Gasteiger partial charge in [0.1, 0.15) is 0 Å². The van der Waals surface area contributed by atoms with Crippen molar-refractivity contribution < 1.29 is 0 Å². The van der Waals surface area contributed by atoms with Crippen molar-refractivity contribution in [1.29, 1.82) is 5.26 Å². The summed E-state index contributed by atoms with van der Waals surface area (Å²) in [5.41, 5.74) is 6.63. The van der Waals surface area contributed by atoms with E-state index in [-0.39, 0.29) is 0 Å². The van der Waals surface area contributed by atoms with Crippen molar-refractivity contribution in [2.24, 2.45) is 0 Å². The summed E-state index contributed by atoms with van der Waals surface area (Å²) in [4.78, 5) is 4.50. The number of aromatic nitrogens is 1. The predicted molar refractivity (Wildman–Crippen MR) is 105 cm³/mol.